The lowest BCUT2D eigenvalue weighted by Gasteiger charge is -2.07. The standard InChI is InChI=1S/C9H13N5/c1-2-14-9(10-8-12-14)7-11-13-5-3-4-6-13/h3-6,8,11H,2,7H2,1H3. The number of nitrogens with one attached hydrogen (secondary N) is 1. The van der Waals surface area contributed by atoms with Crippen molar-refractivity contribution in [3.05, 3.63) is 36.7 Å². The van der Waals surface area contributed by atoms with Crippen LogP contribution >= 0.6 is 0 Å². The predicted octanol–water partition coefficient (Wildman–Crippen LogP) is 0.843. The molecule has 2 heterocycles. The minimum Gasteiger partial charge on any atom is -0.319 e. The molecule has 0 saturated carbocycles. The number of nitrogens with zero attached hydrogens (tertiary/aromatic N) is 4. The molecule has 0 aliphatic carbocycles. The van der Waals surface area contributed by atoms with Gasteiger partial charge >= 0.3 is 0 Å². The summed E-state index contributed by atoms with van der Waals surface area (Å²) >= 11 is 0. The van der Waals surface area contributed by atoms with Crippen LogP contribution in [-0.2, 0) is 13.1 Å². The molecule has 5 heteroatoms. The highest BCUT2D eigenvalue weighted by atomic mass is 15.4. The van der Waals surface area contributed by atoms with E-state index in [9.17, 15) is 0 Å². The molecule has 0 aliphatic rings. The van der Waals surface area contributed by atoms with E-state index in [1.165, 1.54) is 0 Å². The topological polar surface area (TPSA) is 47.7 Å². The Bertz CT molecular complexity index is 376. The van der Waals surface area contributed by atoms with Crippen molar-refractivity contribution in [1.82, 2.24) is 19.4 Å². The van der Waals surface area contributed by atoms with Gasteiger partial charge in [-0.2, -0.15) is 5.10 Å². The van der Waals surface area contributed by atoms with Crippen LogP contribution in [0.25, 0.3) is 0 Å². The molecule has 0 saturated heterocycles. The third-order valence-corrected chi connectivity index (χ3v) is 2.02. The number of hydrogen-bond acceptors (Lipinski definition) is 3. The van der Waals surface area contributed by atoms with E-state index in [0.29, 0.717) is 6.54 Å². The van der Waals surface area contributed by atoms with Crippen molar-refractivity contribution in [2.45, 2.75) is 20.0 Å². The second kappa shape index (κ2) is 3.95. The van der Waals surface area contributed by atoms with Crippen LogP contribution in [0.4, 0.5) is 0 Å². The van der Waals surface area contributed by atoms with Gasteiger partial charge < -0.3 is 5.43 Å². The summed E-state index contributed by atoms with van der Waals surface area (Å²) < 4.78 is 3.77. The Morgan fingerprint density at radius 2 is 2.14 bits per heavy atom. The minimum atomic E-state index is 0.683. The maximum absolute atomic E-state index is 4.16. The third-order valence-electron chi connectivity index (χ3n) is 2.02. The summed E-state index contributed by atoms with van der Waals surface area (Å²) in [5.41, 5.74) is 3.20. The Kier molecular flexibility index (Phi) is 2.48. The highest BCUT2D eigenvalue weighted by Crippen LogP contribution is 1.94. The number of aryl methyl sites for hydroxylation is 1. The van der Waals surface area contributed by atoms with Crippen LogP contribution in [0.3, 0.4) is 0 Å². The number of aromatic nitrogens is 4. The van der Waals surface area contributed by atoms with Crippen LogP contribution in [0, 0.1) is 0 Å². The van der Waals surface area contributed by atoms with Gasteiger partial charge in [-0.25, -0.2) is 9.67 Å². The van der Waals surface area contributed by atoms with Crippen LogP contribution in [0.5, 0.6) is 0 Å². The molecule has 5 nitrogen and oxygen atoms in total. The lowest BCUT2D eigenvalue weighted by molar-refractivity contribution is 0.612. The Morgan fingerprint density at radius 3 is 2.86 bits per heavy atom. The number of rotatable bonds is 4. The van der Waals surface area contributed by atoms with E-state index in [2.05, 4.69) is 15.5 Å². The van der Waals surface area contributed by atoms with E-state index in [4.69, 9.17) is 0 Å². The fraction of sp³-hybridized carbons (Fsp3) is 0.333. The Labute approximate surface area is 82.3 Å². The molecule has 0 atom stereocenters. The third kappa shape index (κ3) is 1.76. The zero-order valence-corrected chi connectivity index (χ0v) is 8.09. The predicted molar refractivity (Wildman–Crippen MR) is 53.2 cm³/mol. The quantitative estimate of drug-likeness (QED) is 0.779. The molecule has 0 bridgehead atoms. The lowest BCUT2D eigenvalue weighted by atomic mass is 10.6. The van der Waals surface area contributed by atoms with Crippen LogP contribution in [0.15, 0.2) is 30.9 Å². The monoisotopic (exact) mass is 191 g/mol. The summed E-state index contributed by atoms with van der Waals surface area (Å²) in [5, 5.41) is 4.09. The Balaban J connectivity index is 1.98. The van der Waals surface area contributed by atoms with E-state index in [-0.39, 0.29) is 0 Å². The van der Waals surface area contributed by atoms with Gasteiger partial charge in [0.15, 0.2) is 0 Å². The van der Waals surface area contributed by atoms with Crippen molar-refractivity contribution in [2.75, 3.05) is 5.43 Å². The molecule has 1 N–H and O–H groups in total. The first kappa shape index (κ1) is 8.80. The molecule has 0 aliphatic heterocycles. The van der Waals surface area contributed by atoms with Crippen molar-refractivity contribution in [3.8, 4) is 0 Å². The largest absolute Gasteiger partial charge is 0.319 e. The Morgan fingerprint density at radius 1 is 1.36 bits per heavy atom. The lowest BCUT2D eigenvalue weighted by Crippen LogP contribution is -2.16. The summed E-state index contributed by atoms with van der Waals surface area (Å²) in [7, 11) is 0. The summed E-state index contributed by atoms with van der Waals surface area (Å²) in [4.78, 5) is 4.16. The highest BCUT2D eigenvalue weighted by molar-refractivity contribution is 4.95. The van der Waals surface area contributed by atoms with Gasteiger partial charge in [0.2, 0.25) is 0 Å². The van der Waals surface area contributed by atoms with E-state index in [1.54, 1.807) is 6.33 Å². The van der Waals surface area contributed by atoms with E-state index >= 15 is 0 Å². The maximum Gasteiger partial charge on any atom is 0.147 e. The summed E-state index contributed by atoms with van der Waals surface area (Å²) in [5.74, 6) is 0.946. The molecule has 0 spiro atoms. The van der Waals surface area contributed by atoms with Crippen LogP contribution in [0.1, 0.15) is 12.7 Å². The van der Waals surface area contributed by atoms with Crippen LogP contribution < -0.4 is 5.43 Å². The van der Waals surface area contributed by atoms with Gasteiger partial charge in [0.25, 0.3) is 0 Å². The average Bonchev–Trinajstić information content (AvgIpc) is 2.85. The van der Waals surface area contributed by atoms with E-state index in [0.717, 1.165) is 12.4 Å². The first-order chi connectivity index (χ1) is 6.90. The molecule has 0 unspecified atom stereocenters. The van der Waals surface area contributed by atoms with E-state index < -0.39 is 0 Å². The fourth-order valence-corrected chi connectivity index (χ4v) is 1.29. The smallest absolute Gasteiger partial charge is 0.147 e. The van der Waals surface area contributed by atoms with Gasteiger partial charge in [-0.3, -0.25) is 4.68 Å². The summed E-state index contributed by atoms with van der Waals surface area (Å²) in [6.07, 6.45) is 5.48. The Hall–Kier alpha value is -1.78. The van der Waals surface area contributed by atoms with Gasteiger partial charge in [0.1, 0.15) is 12.2 Å². The van der Waals surface area contributed by atoms with Gasteiger partial charge in [0, 0.05) is 18.9 Å². The molecule has 0 radical (unpaired) electrons. The first-order valence-electron chi connectivity index (χ1n) is 4.63. The molecular formula is C9H13N5. The molecular weight excluding hydrogens is 178 g/mol. The molecule has 2 aromatic heterocycles. The van der Waals surface area contributed by atoms with Crippen molar-refractivity contribution >= 4 is 0 Å². The average molecular weight is 191 g/mol. The SMILES string of the molecule is CCn1ncnc1CNn1cccc1. The molecule has 0 fully saturated rings. The number of hydrogen-bond donors (Lipinski definition) is 1. The summed E-state index contributed by atoms with van der Waals surface area (Å²) in [6.45, 7) is 3.58. The van der Waals surface area contributed by atoms with Gasteiger partial charge in [-0.1, -0.05) is 0 Å². The normalized spacial score (nSPS) is 10.4. The van der Waals surface area contributed by atoms with Gasteiger partial charge in [-0.15, -0.1) is 0 Å². The van der Waals surface area contributed by atoms with Gasteiger partial charge in [0.05, 0.1) is 6.54 Å². The van der Waals surface area contributed by atoms with Crippen LogP contribution in [0.2, 0.25) is 0 Å². The second-order valence-corrected chi connectivity index (χ2v) is 2.92. The highest BCUT2D eigenvalue weighted by Gasteiger charge is 2.00. The molecule has 0 amide bonds. The second-order valence-electron chi connectivity index (χ2n) is 2.92. The molecule has 0 aromatic carbocycles. The van der Waals surface area contributed by atoms with Crippen molar-refractivity contribution in [1.29, 1.82) is 0 Å². The van der Waals surface area contributed by atoms with Crippen molar-refractivity contribution < 1.29 is 0 Å². The first-order valence-corrected chi connectivity index (χ1v) is 4.63. The van der Waals surface area contributed by atoms with E-state index in [1.807, 2.05) is 40.8 Å². The molecule has 14 heavy (non-hydrogen) atoms. The van der Waals surface area contributed by atoms with Gasteiger partial charge in [-0.05, 0) is 19.1 Å². The zero-order chi connectivity index (χ0) is 9.80. The van der Waals surface area contributed by atoms with Crippen LogP contribution in [-0.4, -0.2) is 19.4 Å². The fourth-order valence-electron chi connectivity index (χ4n) is 1.29. The van der Waals surface area contributed by atoms with Crippen molar-refractivity contribution in [3.63, 3.8) is 0 Å². The molecule has 74 valence electrons. The molecule has 2 rings (SSSR count). The summed E-state index contributed by atoms with van der Waals surface area (Å²) in [6, 6.07) is 3.94. The molecule has 2 aromatic rings. The minimum absolute atomic E-state index is 0.683. The van der Waals surface area contributed by atoms with Crippen molar-refractivity contribution in [2.24, 2.45) is 0 Å². The zero-order valence-electron chi connectivity index (χ0n) is 8.09. The maximum atomic E-state index is 4.16.